The van der Waals surface area contributed by atoms with E-state index in [-0.39, 0.29) is 23.8 Å². The summed E-state index contributed by atoms with van der Waals surface area (Å²) in [6.07, 6.45) is 0. The average molecular weight is 328 g/mol. The Labute approximate surface area is 138 Å². The van der Waals surface area contributed by atoms with E-state index in [9.17, 15) is 14.4 Å². The summed E-state index contributed by atoms with van der Waals surface area (Å²) < 4.78 is 0. The Kier molecular flexibility index (Phi) is 3.77. The number of carbonyl (C=O) groups excluding carboxylic acids is 3. The molecule has 1 atom stereocenters. The normalized spacial score (nSPS) is 14.8. The van der Waals surface area contributed by atoms with Crippen LogP contribution in [0.15, 0.2) is 35.7 Å². The maximum absolute atomic E-state index is 12.7. The summed E-state index contributed by atoms with van der Waals surface area (Å²) >= 11 is 1.59. The summed E-state index contributed by atoms with van der Waals surface area (Å²) in [6.45, 7) is 1.96. The Morgan fingerprint density at radius 3 is 2.52 bits per heavy atom. The molecule has 0 fully saturated rings. The van der Waals surface area contributed by atoms with E-state index in [4.69, 9.17) is 0 Å². The van der Waals surface area contributed by atoms with Crippen molar-refractivity contribution in [1.29, 1.82) is 0 Å². The molecule has 0 saturated carbocycles. The highest BCUT2D eigenvalue weighted by Gasteiger charge is 2.33. The lowest BCUT2D eigenvalue weighted by atomic mass is 10.0. The van der Waals surface area contributed by atoms with Gasteiger partial charge in [0.25, 0.3) is 17.7 Å². The van der Waals surface area contributed by atoms with Gasteiger partial charge in [0, 0.05) is 24.5 Å². The summed E-state index contributed by atoms with van der Waals surface area (Å²) in [5, 5.41) is 1.97. The fourth-order valence-electron chi connectivity index (χ4n) is 2.59. The molecule has 0 bridgehead atoms. The molecule has 3 amide bonds. The lowest BCUT2D eigenvalue weighted by Crippen LogP contribution is -2.29. The van der Waals surface area contributed by atoms with Crippen molar-refractivity contribution >= 4 is 29.1 Å². The van der Waals surface area contributed by atoms with Gasteiger partial charge in [-0.15, -0.1) is 11.3 Å². The van der Waals surface area contributed by atoms with Gasteiger partial charge in [0.1, 0.15) is 0 Å². The van der Waals surface area contributed by atoms with Crippen LogP contribution in [0.25, 0.3) is 0 Å². The highest BCUT2D eigenvalue weighted by atomic mass is 32.1. The van der Waals surface area contributed by atoms with E-state index >= 15 is 0 Å². The van der Waals surface area contributed by atoms with E-state index in [0.29, 0.717) is 16.7 Å². The Morgan fingerprint density at radius 2 is 1.87 bits per heavy atom. The molecule has 118 valence electrons. The molecule has 0 spiro atoms. The monoisotopic (exact) mass is 328 g/mol. The molecule has 6 heteroatoms. The van der Waals surface area contributed by atoms with Gasteiger partial charge in [-0.2, -0.15) is 0 Å². The van der Waals surface area contributed by atoms with Crippen LogP contribution < -0.4 is 0 Å². The maximum Gasteiger partial charge on any atom is 0.261 e. The van der Waals surface area contributed by atoms with Gasteiger partial charge in [-0.3, -0.25) is 19.3 Å². The number of imide groups is 1. The molecule has 3 rings (SSSR count). The van der Waals surface area contributed by atoms with Crippen molar-refractivity contribution in [2.75, 3.05) is 14.1 Å². The minimum Gasteiger partial charge on any atom is -0.334 e. The third-order valence-electron chi connectivity index (χ3n) is 4.19. The standard InChI is InChI=1S/C17H16N2O3S/c1-10(14-5-4-8-23-14)18(2)15(20)11-6-7-12-13(9-11)17(22)19(3)16(12)21/h4-10H,1-3H3. The van der Waals surface area contributed by atoms with Crippen LogP contribution in [0, 0.1) is 0 Å². The topological polar surface area (TPSA) is 57.7 Å². The van der Waals surface area contributed by atoms with E-state index < -0.39 is 0 Å². The second kappa shape index (κ2) is 5.62. The molecule has 2 aromatic rings. The van der Waals surface area contributed by atoms with Crippen molar-refractivity contribution in [3.05, 3.63) is 57.3 Å². The number of rotatable bonds is 3. The van der Waals surface area contributed by atoms with Gasteiger partial charge < -0.3 is 4.90 Å². The Balaban J connectivity index is 1.90. The fraction of sp³-hybridized carbons (Fsp3) is 0.235. The SMILES string of the molecule is CC(c1cccs1)N(C)C(=O)c1ccc2c(c1)C(=O)N(C)C2=O. The van der Waals surface area contributed by atoms with Gasteiger partial charge >= 0.3 is 0 Å². The van der Waals surface area contributed by atoms with Gasteiger partial charge in [0.15, 0.2) is 0 Å². The van der Waals surface area contributed by atoms with Crippen molar-refractivity contribution < 1.29 is 14.4 Å². The summed E-state index contributed by atoms with van der Waals surface area (Å²) in [4.78, 5) is 40.4. The van der Waals surface area contributed by atoms with E-state index in [0.717, 1.165) is 9.78 Å². The minimum absolute atomic E-state index is 0.0595. The van der Waals surface area contributed by atoms with E-state index in [1.807, 2.05) is 24.4 Å². The molecule has 0 aliphatic carbocycles. The summed E-state index contributed by atoms with van der Waals surface area (Å²) in [6, 6.07) is 8.54. The van der Waals surface area contributed by atoms with Crippen molar-refractivity contribution in [3.63, 3.8) is 0 Å². The molecule has 5 nitrogen and oxygen atoms in total. The number of benzene rings is 1. The largest absolute Gasteiger partial charge is 0.334 e. The highest BCUT2D eigenvalue weighted by molar-refractivity contribution is 7.10. The molecule has 1 aromatic heterocycles. The van der Waals surface area contributed by atoms with E-state index in [1.165, 1.54) is 13.1 Å². The molecule has 0 N–H and O–H groups in total. The number of hydrogen-bond acceptors (Lipinski definition) is 4. The maximum atomic E-state index is 12.7. The molecular formula is C17H16N2O3S. The van der Waals surface area contributed by atoms with Crippen LogP contribution in [0.3, 0.4) is 0 Å². The van der Waals surface area contributed by atoms with Crippen LogP contribution in [0.4, 0.5) is 0 Å². The van der Waals surface area contributed by atoms with Crippen molar-refractivity contribution in [1.82, 2.24) is 9.80 Å². The van der Waals surface area contributed by atoms with Crippen LogP contribution in [0.5, 0.6) is 0 Å². The van der Waals surface area contributed by atoms with Gasteiger partial charge in [-0.1, -0.05) is 6.07 Å². The first-order valence-electron chi connectivity index (χ1n) is 7.19. The van der Waals surface area contributed by atoms with Crippen LogP contribution in [-0.4, -0.2) is 41.6 Å². The molecule has 2 heterocycles. The number of carbonyl (C=O) groups is 3. The summed E-state index contributed by atoms with van der Waals surface area (Å²) in [7, 11) is 3.18. The fourth-order valence-corrected chi connectivity index (χ4v) is 3.42. The Bertz CT molecular complexity index is 798. The van der Waals surface area contributed by atoms with Crippen molar-refractivity contribution in [2.45, 2.75) is 13.0 Å². The molecule has 1 aliphatic rings. The van der Waals surface area contributed by atoms with Crippen LogP contribution in [0.1, 0.15) is 48.9 Å². The van der Waals surface area contributed by atoms with E-state index in [2.05, 4.69) is 0 Å². The number of amides is 3. The van der Waals surface area contributed by atoms with Crippen LogP contribution in [-0.2, 0) is 0 Å². The molecule has 23 heavy (non-hydrogen) atoms. The molecule has 0 radical (unpaired) electrons. The summed E-state index contributed by atoms with van der Waals surface area (Å²) in [5.41, 5.74) is 1.05. The van der Waals surface area contributed by atoms with Crippen molar-refractivity contribution in [2.24, 2.45) is 0 Å². The van der Waals surface area contributed by atoms with Gasteiger partial charge in [0.05, 0.1) is 17.2 Å². The zero-order valence-electron chi connectivity index (χ0n) is 13.1. The minimum atomic E-state index is -0.367. The molecule has 1 aromatic carbocycles. The number of nitrogens with zero attached hydrogens (tertiary/aromatic N) is 2. The first-order chi connectivity index (χ1) is 10.9. The third kappa shape index (κ3) is 2.45. The highest BCUT2D eigenvalue weighted by Crippen LogP contribution is 2.27. The second-order valence-electron chi connectivity index (χ2n) is 5.54. The number of fused-ring (bicyclic) bond motifs is 1. The number of thiophene rings is 1. The molecule has 1 unspecified atom stereocenters. The number of hydrogen-bond donors (Lipinski definition) is 0. The smallest absolute Gasteiger partial charge is 0.261 e. The Hall–Kier alpha value is -2.47. The van der Waals surface area contributed by atoms with Gasteiger partial charge in [0.2, 0.25) is 0 Å². The Morgan fingerprint density at radius 1 is 1.17 bits per heavy atom. The summed E-state index contributed by atoms with van der Waals surface area (Å²) in [5.74, 6) is -0.874. The third-order valence-corrected chi connectivity index (χ3v) is 5.24. The first kappa shape index (κ1) is 15.4. The predicted octanol–water partition coefficient (Wildman–Crippen LogP) is 2.81. The zero-order valence-corrected chi connectivity index (χ0v) is 13.9. The second-order valence-corrected chi connectivity index (χ2v) is 6.52. The predicted molar refractivity (Wildman–Crippen MR) is 87.7 cm³/mol. The first-order valence-corrected chi connectivity index (χ1v) is 8.06. The average Bonchev–Trinajstić information content (AvgIpc) is 3.17. The molecular weight excluding hydrogens is 312 g/mol. The quantitative estimate of drug-likeness (QED) is 0.814. The van der Waals surface area contributed by atoms with Crippen LogP contribution >= 0.6 is 11.3 Å². The lowest BCUT2D eigenvalue weighted by molar-refractivity contribution is 0.0692. The van der Waals surface area contributed by atoms with Crippen molar-refractivity contribution in [3.8, 4) is 0 Å². The van der Waals surface area contributed by atoms with Gasteiger partial charge in [-0.25, -0.2) is 0 Å². The van der Waals surface area contributed by atoms with E-state index in [1.54, 1.807) is 35.4 Å². The lowest BCUT2D eigenvalue weighted by Gasteiger charge is -2.24. The van der Waals surface area contributed by atoms with Crippen LogP contribution in [0.2, 0.25) is 0 Å². The molecule has 0 saturated heterocycles. The molecule has 1 aliphatic heterocycles. The van der Waals surface area contributed by atoms with Gasteiger partial charge in [-0.05, 0) is 36.6 Å². The zero-order chi connectivity index (χ0) is 16.7.